The molecule has 1 saturated carbocycles. The van der Waals surface area contributed by atoms with Crippen LogP contribution in [0.2, 0.25) is 0 Å². The molecule has 0 unspecified atom stereocenters. The lowest BCUT2D eigenvalue weighted by Gasteiger charge is -2.31. The Kier molecular flexibility index (Phi) is 1.96. The zero-order chi connectivity index (χ0) is 11.1. The van der Waals surface area contributed by atoms with Crippen molar-refractivity contribution in [1.82, 2.24) is 0 Å². The lowest BCUT2D eigenvalue weighted by molar-refractivity contribution is -0.115. The summed E-state index contributed by atoms with van der Waals surface area (Å²) in [6, 6.07) is 5.94. The third kappa shape index (κ3) is 1.46. The van der Waals surface area contributed by atoms with E-state index in [1.807, 2.05) is 6.07 Å². The van der Waals surface area contributed by atoms with Crippen molar-refractivity contribution in [2.24, 2.45) is 0 Å². The maximum atomic E-state index is 11.5. The van der Waals surface area contributed by atoms with Gasteiger partial charge in [-0.2, -0.15) is 0 Å². The molecule has 0 aromatic heterocycles. The van der Waals surface area contributed by atoms with Crippen molar-refractivity contribution in [2.45, 2.75) is 18.9 Å². The smallest absolute Gasteiger partial charge is 0.243 e. The summed E-state index contributed by atoms with van der Waals surface area (Å²) in [7, 11) is 0. The van der Waals surface area contributed by atoms with Crippen LogP contribution < -0.4 is 10.2 Å². The third-order valence-corrected chi connectivity index (χ3v) is 3.04. The second kappa shape index (κ2) is 3.33. The predicted octanol–water partition coefficient (Wildman–Crippen LogP) is 1.42. The van der Waals surface area contributed by atoms with E-state index in [1.165, 1.54) is 0 Å². The van der Waals surface area contributed by atoms with Crippen LogP contribution in [0.5, 0.6) is 0 Å². The first-order valence-electron chi connectivity index (χ1n) is 5.43. The monoisotopic (exact) mass is 216 g/mol. The van der Waals surface area contributed by atoms with Crippen molar-refractivity contribution in [3.63, 3.8) is 0 Å². The van der Waals surface area contributed by atoms with E-state index in [1.54, 1.807) is 12.1 Å². The molecule has 82 valence electrons. The van der Waals surface area contributed by atoms with Crippen LogP contribution in [-0.4, -0.2) is 24.8 Å². The SMILES string of the molecule is O=Cc1ccc2c(c1)NC(=O)CN2C1CC1. The molecule has 1 N–H and O–H groups in total. The quantitative estimate of drug-likeness (QED) is 0.760. The number of aldehydes is 1. The molecule has 2 aliphatic rings. The molecule has 0 atom stereocenters. The van der Waals surface area contributed by atoms with Gasteiger partial charge in [0.05, 0.1) is 17.9 Å². The van der Waals surface area contributed by atoms with Crippen LogP contribution in [0.4, 0.5) is 11.4 Å². The van der Waals surface area contributed by atoms with Gasteiger partial charge >= 0.3 is 0 Å². The molecule has 1 fully saturated rings. The predicted molar refractivity (Wildman–Crippen MR) is 60.8 cm³/mol. The highest BCUT2D eigenvalue weighted by molar-refractivity contribution is 6.02. The minimum Gasteiger partial charge on any atom is -0.358 e. The van der Waals surface area contributed by atoms with Gasteiger partial charge in [-0.1, -0.05) is 0 Å². The Balaban J connectivity index is 2.04. The Labute approximate surface area is 93.2 Å². The summed E-state index contributed by atoms with van der Waals surface area (Å²) < 4.78 is 0. The number of rotatable bonds is 2. The second-order valence-electron chi connectivity index (χ2n) is 4.30. The normalized spacial score (nSPS) is 19.0. The average Bonchev–Trinajstić information content (AvgIpc) is 3.10. The van der Waals surface area contributed by atoms with Crippen LogP contribution in [-0.2, 0) is 4.79 Å². The van der Waals surface area contributed by atoms with Crippen molar-refractivity contribution in [3.8, 4) is 0 Å². The van der Waals surface area contributed by atoms with Crippen LogP contribution in [0.3, 0.4) is 0 Å². The average molecular weight is 216 g/mol. The minimum absolute atomic E-state index is 0.00227. The maximum absolute atomic E-state index is 11.5. The van der Waals surface area contributed by atoms with Crippen LogP contribution in [0.15, 0.2) is 18.2 Å². The Hall–Kier alpha value is -1.84. The van der Waals surface area contributed by atoms with Crippen molar-refractivity contribution >= 4 is 23.6 Å². The fourth-order valence-electron chi connectivity index (χ4n) is 2.12. The van der Waals surface area contributed by atoms with E-state index in [0.29, 0.717) is 18.2 Å². The first-order valence-corrected chi connectivity index (χ1v) is 5.43. The number of hydrogen-bond donors (Lipinski definition) is 1. The highest BCUT2D eigenvalue weighted by Crippen LogP contribution is 2.38. The Morgan fingerprint density at radius 2 is 2.19 bits per heavy atom. The summed E-state index contributed by atoms with van der Waals surface area (Å²) in [4.78, 5) is 24.3. The first-order chi connectivity index (χ1) is 7.78. The summed E-state index contributed by atoms with van der Waals surface area (Å²) in [5, 5.41) is 2.81. The molecule has 1 aliphatic carbocycles. The van der Waals surface area contributed by atoms with E-state index in [-0.39, 0.29) is 5.91 Å². The number of hydrogen-bond acceptors (Lipinski definition) is 3. The highest BCUT2D eigenvalue weighted by Gasteiger charge is 2.34. The van der Waals surface area contributed by atoms with E-state index >= 15 is 0 Å². The summed E-state index contributed by atoms with van der Waals surface area (Å²) in [5.41, 5.74) is 2.39. The molecule has 1 amide bonds. The van der Waals surface area contributed by atoms with Crippen molar-refractivity contribution in [3.05, 3.63) is 23.8 Å². The molecule has 3 rings (SSSR count). The molecule has 16 heavy (non-hydrogen) atoms. The summed E-state index contributed by atoms with van der Waals surface area (Å²) >= 11 is 0. The highest BCUT2D eigenvalue weighted by atomic mass is 16.2. The molecule has 1 aromatic rings. The Bertz CT molecular complexity index is 466. The molecule has 4 heteroatoms. The van der Waals surface area contributed by atoms with Gasteiger partial charge in [0.1, 0.15) is 6.29 Å². The zero-order valence-corrected chi connectivity index (χ0v) is 8.77. The summed E-state index contributed by atoms with van der Waals surface area (Å²) in [6.45, 7) is 0.429. The van der Waals surface area contributed by atoms with Gasteiger partial charge in [-0.05, 0) is 31.0 Å². The first kappa shape index (κ1) is 9.39. The van der Waals surface area contributed by atoms with E-state index in [4.69, 9.17) is 0 Å². The third-order valence-electron chi connectivity index (χ3n) is 3.04. The van der Waals surface area contributed by atoms with Crippen molar-refractivity contribution < 1.29 is 9.59 Å². The van der Waals surface area contributed by atoms with Crippen LogP contribution in [0.1, 0.15) is 23.2 Å². The van der Waals surface area contributed by atoms with Gasteiger partial charge in [0, 0.05) is 11.6 Å². The lowest BCUT2D eigenvalue weighted by Crippen LogP contribution is -2.39. The molecule has 0 saturated heterocycles. The van der Waals surface area contributed by atoms with Gasteiger partial charge in [-0.25, -0.2) is 0 Å². The van der Waals surface area contributed by atoms with Crippen molar-refractivity contribution in [1.29, 1.82) is 0 Å². The van der Waals surface area contributed by atoms with Gasteiger partial charge in [-0.3, -0.25) is 9.59 Å². The number of carbonyl (C=O) groups is 2. The number of amides is 1. The van der Waals surface area contributed by atoms with E-state index < -0.39 is 0 Å². The number of nitrogens with one attached hydrogen (secondary N) is 1. The molecule has 1 heterocycles. The fourth-order valence-corrected chi connectivity index (χ4v) is 2.12. The topological polar surface area (TPSA) is 49.4 Å². The van der Waals surface area contributed by atoms with Gasteiger partial charge < -0.3 is 10.2 Å². The summed E-state index contributed by atoms with van der Waals surface area (Å²) in [5.74, 6) is 0.00227. The Morgan fingerprint density at radius 3 is 2.88 bits per heavy atom. The molecular weight excluding hydrogens is 204 g/mol. The van der Waals surface area contributed by atoms with Gasteiger partial charge in [0.15, 0.2) is 0 Å². The molecule has 1 aromatic carbocycles. The number of benzene rings is 1. The number of anilines is 2. The van der Waals surface area contributed by atoms with E-state index in [0.717, 1.165) is 30.5 Å². The van der Waals surface area contributed by atoms with Gasteiger partial charge in [0.2, 0.25) is 5.91 Å². The number of fused-ring (bicyclic) bond motifs is 1. The second-order valence-corrected chi connectivity index (χ2v) is 4.30. The Morgan fingerprint density at radius 1 is 1.38 bits per heavy atom. The summed E-state index contributed by atoms with van der Waals surface area (Å²) in [6.07, 6.45) is 3.10. The molecule has 0 bridgehead atoms. The fraction of sp³-hybridized carbons (Fsp3) is 0.333. The minimum atomic E-state index is 0.00227. The van der Waals surface area contributed by atoms with Crippen LogP contribution in [0, 0.1) is 0 Å². The van der Waals surface area contributed by atoms with Crippen LogP contribution >= 0.6 is 0 Å². The molecule has 0 spiro atoms. The lowest BCUT2D eigenvalue weighted by atomic mass is 10.1. The van der Waals surface area contributed by atoms with Crippen LogP contribution in [0.25, 0.3) is 0 Å². The maximum Gasteiger partial charge on any atom is 0.243 e. The van der Waals surface area contributed by atoms with E-state index in [9.17, 15) is 9.59 Å². The van der Waals surface area contributed by atoms with Gasteiger partial charge in [-0.15, -0.1) is 0 Å². The largest absolute Gasteiger partial charge is 0.358 e. The zero-order valence-electron chi connectivity index (χ0n) is 8.77. The number of carbonyl (C=O) groups excluding carboxylic acids is 2. The van der Waals surface area contributed by atoms with E-state index in [2.05, 4.69) is 10.2 Å². The molecule has 1 aliphatic heterocycles. The molecule has 4 nitrogen and oxygen atoms in total. The number of nitrogens with zero attached hydrogens (tertiary/aromatic N) is 1. The van der Waals surface area contributed by atoms with Crippen molar-refractivity contribution in [2.75, 3.05) is 16.8 Å². The van der Waals surface area contributed by atoms with Gasteiger partial charge in [0.25, 0.3) is 0 Å². The standard InChI is InChI=1S/C12H12N2O2/c15-7-8-1-4-11-10(5-8)13-12(16)6-14(11)9-2-3-9/h1,4-5,7,9H,2-3,6H2,(H,13,16). The molecule has 0 radical (unpaired) electrons. The molecular formula is C12H12N2O2.